The van der Waals surface area contributed by atoms with Gasteiger partial charge < -0.3 is 5.32 Å². The average Bonchev–Trinajstić information content (AvgIpc) is 2.40. The molecule has 2 rings (SSSR count). The lowest BCUT2D eigenvalue weighted by Crippen LogP contribution is -2.33. The molecular formula is C20H33N. The fraction of sp³-hybridized carbons (Fsp3) is 0.700. The van der Waals surface area contributed by atoms with E-state index in [2.05, 4.69) is 71.2 Å². The maximum absolute atomic E-state index is 3.40. The van der Waals surface area contributed by atoms with Gasteiger partial charge in [-0.25, -0.2) is 0 Å². The Morgan fingerprint density at radius 2 is 1.76 bits per heavy atom. The second-order valence-corrected chi connectivity index (χ2v) is 8.70. The number of nitrogens with one attached hydrogen (secondary N) is 1. The molecule has 1 aromatic carbocycles. The Hall–Kier alpha value is -0.820. The van der Waals surface area contributed by atoms with Gasteiger partial charge in [-0.2, -0.15) is 0 Å². The third-order valence-corrected chi connectivity index (χ3v) is 5.20. The summed E-state index contributed by atoms with van der Waals surface area (Å²) in [6.45, 7) is 12.9. The van der Waals surface area contributed by atoms with E-state index in [1.54, 1.807) is 0 Å². The Balaban J connectivity index is 2.23. The molecule has 2 unspecified atom stereocenters. The van der Waals surface area contributed by atoms with Crippen molar-refractivity contribution in [2.45, 2.75) is 65.2 Å². The zero-order chi connectivity index (χ0) is 15.7. The molecule has 1 fully saturated rings. The minimum Gasteiger partial charge on any atom is -0.319 e. The van der Waals surface area contributed by atoms with Crippen molar-refractivity contribution in [2.24, 2.45) is 11.3 Å². The van der Waals surface area contributed by atoms with Crippen LogP contribution in [-0.2, 0) is 5.41 Å². The van der Waals surface area contributed by atoms with E-state index in [1.807, 2.05) is 0 Å². The monoisotopic (exact) mass is 287 g/mol. The van der Waals surface area contributed by atoms with Gasteiger partial charge in [0.2, 0.25) is 0 Å². The van der Waals surface area contributed by atoms with Gasteiger partial charge in [0.05, 0.1) is 0 Å². The van der Waals surface area contributed by atoms with Crippen molar-refractivity contribution in [3.63, 3.8) is 0 Å². The minimum atomic E-state index is 0.245. The van der Waals surface area contributed by atoms with Gasteiger partial charge in [-0.1, -0.05) is 58.9 Å². The lowest BCUT2D eigenvalue weighted by Gasteiger charge is -2.41. The molecule has 0 heterocycles. The molecule has 1 aromatic rings. The van der Waals surface area contributed by atoms with E-state index in [-0.39, 0.29) is 5.41 Å². The highest BCUT2D eigenvalue weighted by molar-refractivity contribution is 5.30. The largest absolute Gasteiger partial charge is 0.319 e. The van der Waals surface area contributed by atoms with Gasteiger partial charge in [0.15, 0.2) is 0 Å². The highest BCUT2D eigenvalue weighted by Gasteiger charge is 2.35. The van der Waals surface area contributed by atoms with Crippen LogP contribution in [0.2, 0.25) is 0 Å². The molecule has 2 atom stereocenters. The van der Waals surface area contributed by atoms with E-state index < -0.39 is 0 Å². The van der Waals surface area contributed by atoms with Gasteiger partial charge in [-0.15, -0.1) is 0 Å². The fourth-order valence-corrected chi connectivity index (χ4v) is 3.77. The van der Waals surface area contributed by atoms with Gasteiger partial charge in [-0.3, -0.25) is 0 Å². The fourth-order valence-electron chi connectivity index (χ4n) is 3.77. The molecule has 1 N–H and O–H groups in total. The number of rotatable bonds is 3. The summed E-state index contributed by atoms with van der Waals surface area (Å²) in [7, 11) is 2.08. The van der Waals surface area contributed by atoms with Crippen LogP contribution >= 0.6 is 0 Å². The molecule has 1 saturated carbocycles. The quantitative estimate of drug-likeness (QED) is 0.814. The maximum atomic E-state index is 3.40. The molecule has 0 saturated heterocycles. The maximum Gasteiger partial charge on any atom is -0.00177 e. The molecule has 118 valence electrons. The van der Waals surface area contributed by atoms with Gasteiger partial charge in [0.25, 0.3) is 0 Å². The van der Waals surface area contributed by atoms with E-state index in [0.717, 1.165) is 12.5 Å². The molecule has 0 spiro atoms. The zero-order valence-corrected chi connectivity index (χ0v) is 14.8. The topological polar surface area (TPSA) is 12.0 Å². The van der Waals surface area contributed by atoms with Crippen molar-refractivity contribution >= 4 is 0 Å². The van der Waals surface area contributed by atoms with Crippen LogP contribution in [-0.4, -0.2) is 13.6 Å². The van der Waals surface area contributed by atoms with Crippen LogP contribution in [0.1, 0.15) is 70.9 Å². The van der Waals surface area contributed by atoms with E-state index in [0.29, 0.717) is 11.3 Å². The zero-order valence-electron chi connectivity index (χ0n) is 14.8. The van der Waals surface area contributed by atoms with Gasteiger partial charge in [0.1, 0.15) is 0 Å². The summed E-state index contributed by atoms with van der Waals surface area (Å²) in [6, 6.07) is 9.45. The van der Waals surface area contributed by atoms with Gasteiger partial charge >= 0.3 is 0 Å². The molecule has 0 aromatic heterocycles. The molecule has 1 heteroatoms. The van der Waals surface area contributed by atoms with Gasteiger partial charge in [-0.05, 0) is 66.6 Å². The molecular weight excluding hydrogens is 254 g/mol. The molecule has 1 aliphatic rings. The summed E-state index contributed by atoms with van der Waals surface area (Å²) in [5.41, 5.74) is 3.70. The second-order valence-electron chi connectivity index (χ2n) is 8.70. The van der Waals surface area contributed by atoms with E-state index in [9.17, 15) is 0 Å². The first-order chi connectivity index (χ1) is 9.73. The SMILES string of the molecule is CNCC1CCC(C)(C)CC1c1ccc(C(C)(C)C)cc1. The first kappa shape index (κ1) is 16.5. The number of benzene rings is 1. The third kappa shape index (κ3) is 4.10. The smallest absolute Gasteiger partial charge is 0.00177 e. The summed E-state index contributed by atoms with van der Waals surface area (Å²) < 4.78 is 0. The summed E-state index contributed by atoms with van der Waals surface area (Å²) >= 11 is 0. The van der Waals surface area contributed by atoms with E-state index in [1.165, 1.54) is 30.4 Å². The highest BCUT2D eigenvalue weighted by atomic mass is 14.8. The predicted molar refractivity (Wildman–Crippen MR) is 92.9 cm³/mol. The van der Waals surface area contributed by atoms with Crippen molar-refractivity contribution in [3.05, 3.63) is 35.4 Å². The van der Waals surface area contributed by atoms with Crippen molar-refractivity contribution < 1.29 is 0 Å². The third-order valence-electron chi connectivity index (χ3n) is 5.20. The first-order valence-corrected chi connectivity index (χ1v) is 8.48. The number of hydrogen-bond donors (Lipinski definition) is 1. The molecule has 21 heavy (non-hydrogen) atoms. The summed E-state index contributed by atoms with van der Waals surface area (Å²) in [6.07, 6.45) is 4.02. The highest BCUT2D eigenvalue weighted by Crippen LogP contribution is 2.46. The van der Waals surface area contributed by atoms with E-state index in [4.69, 9.17) is 0 Å². The van der Waals surface area contributed by atoms with Crippen LogP contribution in [0.4, 0.5) is 0 Å². The average molecular weight is 287 g/mol. The predicted octanol–water partition coefficient (Wildman–Crippen LogP) is 5.11. The van der Waals surface area contributed by atoms with Crippen molar-refractivity contribution in [3.8, 4) is 0 Å². The molecule has 0 amide bonds. The van der Waals surface area contributed by atoms with Crippen LogP contribution in [0, 0.1) is 11.3 Å². The van der Waals surface area contributed by atoms with Crippen molar-refractivity contribution in [2.75, 3.05) is 13.6 Å². The molecule has 1 nitrogen and oxygen atoms in total. The Labute approximate surface area is 131 Å². The van der Waals surface area contributed by atoms with Crippen LogP contribution < -0.4 is 5.32 Å². The standard InChI is InChI=1S/C20H33N/c1-19(2,3)17-9-7-15(8-10-17)18-13-20(4,5)12-11-16(18)14-21-6/h7-10,16,18,21H,11-14H2,1-6H3. The molecule has 0 radical (unpaired) electrons. The van der Waals surface area contributed by atoms with Gasteiger partial charge in [0, 0.05) is 0 Å². The summed E-state index contributed by atoms with van der Waals surface area (Å²) in [5, 5.41) is 3.40. The van der Waals surface area contributed by atoms with Crippen LogP contribution in [0.15, 0.2) is 24.3 Å². The number of hydrogen-bond acceptors (Lipinski definition) is 1. The summed E-state index contributed by atoms with van der Waals surface area (Å²) in [4.78, 5) is 0. The molecule has 0 aliphatic heterocycles. The molecule has 1 aliphatic carbocycles. The van der Waals surface area contributed by atoms with Crippen LogP contribution in [0.5, 0.6) is 0 Å². The molecule has 0 bridgehead atoms. The van der Waals surface area contributed by atoms with Crippen LogP contribution in [0.3, 0.4) is 0 Å². The summed E-state index contributed by atoms with van der Waals surface area (Å²) in [5.74, 6) is 1.48. The minimum absolute atomic E-state index is 0.245. The lowest BCUT2D eigenvalue weighted by molar-refractivity contribution is 0.161. The first-order valence-electron chi connectivity index (χ1n) is 8.48. The van der Waals surface area contributed by atoms with Crippen molar-refractivity contribution in [1.29, 1.82) is 0 Å². The Bertz CT molecular complexity index is 450. The Kier molecular flexibility index (Phi) is 4.82. The van der Waals surface area contributed by atoms with Crippen molar-refractivity contribution in [1.82, 2.24) is 5.32 Å². The second kappa shape index (κ2) is 6.12. The normalized spacial score (nSPS) is 25.8. The Morgan fingerprint density at radius 1 is 1.14 bits per heavy atom. The van der Waals surface area contributed by atoms with Crippen LogP contribution in [0.25, 0.3) is 0 Å². The van der Waals surface area contributed by atoms with E-state index >= 15 is 0 Å². The lowest BCUT2D eigenvalue weighted by atomic mass is 9.65. The Morgan fingerprint density at radius 3 is 2.29 bits per heavy atom.